The summed E-state index contributed by atoms with van der Waals surface area (Å²) in [5, 5.41) is 0. The molecule has 0 radical (unpaired) electrons. The molecule has 0 aromatic heterocycles. The Kier molecular flexibility index (Phi) is 4.98. The van der Waals surface area contributed by atoms with E-state index >= 15 is 0 Å². The predicted molar refractivity (Wildman–Crippen MR) is 107 cm³/mol. The van der Waals surface area contributed by atoms with Crippen LogP contribution in [0.1, 0.15) is 16.7 Å². The first-order valence-corrected chi connectivity index (χ1v) is 18.6. The molecule has 0 spiro atoms. The van der Waals surface area contributed by atoms with E-state index in [0.717, 1.165) is 0 Å². The maximum absolute atomic E-state index is 4.37. The van der Waals surface area contributed by atoms with Crippen molar-refractivity contribution in [3.8, 4) is 0 Å². The molecule has 0 heterocycles. The molecule has 3 rings (SSSR count). The third kappa shape index (κ3) is 3.01. The quantitative estimate of drug-likeness (QED) is 0.507. The van der Waals surface area contributed by atoms with Crippen LogP contribution in [-0.2, 0) is 0 Å². The second kappa shape index (κ2) is 6.82. The first-order valence-electron chi connectivity index (χ1n) is 7.92. The van der Waals surface area contributed by atoms with Crippen molar-refractivity contribution in [1.29, 1.82) is 0 Å². The fourth-order valence-corrected chi connectivity index (χ4v) is 22.9. The van der Waals surface area contributed by atoms with Gasteiger partial charge in [-0.15, -0.1) is 0 Å². The predicted octanol–water partition coefficient (Wildman–Crippen LogP) is 3.97. The minimum atomic E-state index is -3.15. The number of rotatable bonds is 3. The first-order chi connectivity index (χ1) is 11.0. The van der Waals surface area contributed by atoms with E-state index in [1.807, 2.05) is 0 Å². The van der Waals surface area contributed by atoms with E-state index in [0.29, 0.717) is 0 Å². The van der Waals surface area contributed by atoms with Crippen molar-refractivity contribution in [2.75, 3.05) is 0 Å². The Morgan fingerprint density at radius 1 is 0.522 bits per heavy atom. The Morgan fingerprint density at radius 3 is 1.04 bits per heavy atom. The van der Waals surface area contributed by atoms with E-state index in [2.05, 4.69) is 106 Å². The number of hydrogen-bond donors (Lipinski definition) is 0. The molecule has 0 atom stereocenters. The normalized spacial score (nSPS) is 11.5. The van der Waals surface area contributed by atoms with Crippen LogP contribution in [0.3, 0.4) is 0 Å². The van der Waals surface area contributed by atoms with Gasteiger partial charge >= 0.3 is 150 Å². The van der Waals surface area contributed by atoms with Gasteiger partial charge in [-0.25, -0.2) is 0 Å². The summed E-state index contributed by atoms with van der Waals surface area (Å²) in [7, 11) is 0. The maximum atomic E-state index is 4.37. The van der Waals surface area contributed by atoms with Gasteiger partial charge in [-0.2, -0.15) is 0 Å². The molecular formula is C21H21BrSn. The molecule has 0 aliphatic carbocycles. The van der Waals surface area contributed by atoms with Crippen molar-refractivity contribution in [2.45, 2.75) is 20.8 Å². The number of halogens is 1. The molecule has 0 amide bonds. The van der Waals surface area contributed by atoms with Crippen molar-refractivity contribution >= 4 is 39.6 Å². The summed E-state index contributed by atoms with van der Waals surface area (Å²) in [5.41, 5.74) is 4.14. The molecule has 116 valence electrons. The van der Waals surface area contributed by atoms with Gasteiger partial charge in [0.1, 0.15) is 0 Å². The second-order valence-corrected chi connectivity index (χ2v) is 22.5. The van der Waals surface area contributed by atoms with Gasteiger partial charge in [0.15, 0.2) is 0 Å². The fraction of sp³-hybridized carbons (Fsp3) is 0.143. The molecule has 0 aliphatic rings. The standard InChI is InChI=1S/3C7H7.BrH.Sn/c3*1-7-5-3-2-4-6-7;;/h3*2-5H,1H3;1H;/q;;;;+1/p-1. The van der Waals surface area contributed by atoms with E-state index in [1.165, 1.54) is 27.4 Å². The van der Waals surface area contributed by atoms with E-state index in [9.17, 15) is 0 Å². The number of aryl methyl sites for hydroxylation is 3. The van der Waals surface area contributed by atoms with Gasteiger partial charge in [0, 0.05) is 0 Å². The molecule has 0 bridgehead atoms. The van der Waals surface area contributed by atoms with Crippen LogP contribution in [0.25, 0.3) is 0 Å². The number of benzene rings is 3. The van der Waals surface area contributed by atoms with E-state index in [-0.39, 0.29) is 0 Å². The molecule has 2 heteroatoms. The third-order valence-electron chi connectivity index (χ3n) is 4.55. The Hall–Kier alpha value is -1.06. The summed E-state index contributed by atoms with van der Waals surface area (Å²) in [6.07, 6.45) is 0. The SMILES string of the molecule is Cc1cccc[c]1[Sn]([Br])([c]1ccccc1C)[c]1ccccc1C. The van der Waals surface area contributed by atoms with Crippen molar-refractivity contribution in [3.05, 3.63) is 89.5 Å². The van der Waals surface area contributed by atoms with Crippen LogP contribution in [0.15, 0.2) is 72.8 Å². The summed E-state index contributed by atoms with van der Waals surface area (Å²) in [6.45, 7) is 6.70. The van der Waals surface area contributed by atoms with Gasteiger partial charge in [0.2, 0.25) is 0 Å². The Labute approximate surface area is 149 Å². The van der Waals surface area contributed by atoms with Gasteiger partial charge < -0.3 is 0 Å². The zero-order valence-corrected chi connectivity index (χ0v) is 18.2. The van der Waals surface area contributed by atoms with Gasteiger partial charge in [0.25, 0.3) is 0 Å². The zero-order chi connectivity index (χ0) is 16.4. The Bertz CT molecular complexity index is 728. The molecule has 0 fully saturated rings. The minimum absolute atomic E-state index is 1.38. The first kappa shape index (κ1) is 16.8. The van der Waals surface area contributed by atoms with Crippen molar-refractivity contribution in [3.63, 3.8) is 0 Å². The molecule has 0 aliphatic heterocycles. The van der Waals surface area contributed by atoms with Crippen LogP contribution >= 0.6 is 12.7 Å². The summed E-state index contributed by atoms with van der Waals surface area (Å²) < 4.78 is 4.52. The van der Waals surface area contributed by atoms with Crippen LogP contribution in [0.4, 0.5) is 0 Å². The van der Waals surface area contributed by atoms with Gasteiger partial charge in [-0.3, -0.25) is 0 Å². The molecule has 3 aromatic carbocycles. The molecule has 23 heavy (non-hydrogen) atoms. The van der Waals surface area contributed by atoms with Crippen molar-refractivity contribution in [2.24, 2.45) is 0 Å². The fourth-order valence-electron chi connectivity index (χ4n) is 3.31. The van der Waals surface area contributed by atoms with Crippen molar-refractivity contribution < 1.29 is 0 Å². The average molecular weight is 472 g/mol. The molecule has 0 nitrogen and oxygen atoms in total. The zero-order valence-electron chi connectivity index (χ0n) is 13.8. The van der Waals surface area contributed by atoms with Crippen LogP contribution < -0.4 is 10.7 Å². The van der Waals surface area contributed by atoms with Gasteiger partial charge in [0.05, 0.1) is 0 Å². The van der Waals surface area contributed by atoms with Gasteiger partial charge in [-0.05, 0) is 0 Å². The van der Waals surface area contributed by atoms with Crippen LogP contribution in [0.5, 0.6) is 0 Å². The van der Waals surface area contributed by atoms with E-state index < -0.39 is 16.2 Å². The monoisotopic (exact) mass is 472 g/mol. The Balaban J connectivity index is 2.38. The van der Waals surface area contributed by atoms with Gasteiger partial charge in [-0.1, -0.05) is 0 Å². The molecule has 0 N–H and O–H groups in total. The average Bonchev–Trinajstić information content (AvgIpc) is 2.55. The third-order valence-corrected chi connectivity index (χ3v) is 24.3. The second-order valence-electron chi connectivity index (χ2n) is 6.10. The van der Waals surface area contributed by atoms with E-state index in [1.54, 1.807) is 0 Å². The van der Waals surface area contributed by atoms with E-state index in [4.69, 9.17) is 0 Å². The topological polar surface area (TPSA) is 0 Å². The van der Waals surface area contributed by atoms with Crippen molar-refractivity contribution in [1.82, 2.24) is 0 Å². The molecule has 0 saturated heterocycles. The molecule has 3 aromatic rings. The molecule has 0 unspecified atom stereocenters. The summed E-state index contributed by atoms with van der Waals surface area (Å²) in [6, 6.07) is 26.6. The van der Waals surface area contributed by atoms with Crippen LogP contribution in [-0.4, -0.2) is 16.2 Å². The Morgan fingerprint density at radius 2 is 0.783 bits per heavy atom. The summed E-state index contributed by atoms with van der Waals surface area (Å²) in [5.74, 6) is 0. The molecule has 0 saturated carbocycles. The van der Waals surface area contributed by atoms with Crippen LogP contribution in [0, 0.1) is 20.8 Å². The molecular weight excluding hydrogens is 451 g/mol. The summed E-state index contributed by atoms with van der Waals surface area (Å²) in [4.78, 5) is 0. The number of hydrogen-bond acceptors (Lipinski definition) is 0. The summed E-state index contributed by atoms with van der Waals surface area (Å²) >= 11 is 1.22. The van der Waals surface area contributed by atoms with Crippen LogP contribution in [0.2, 0.25) is 0 Å².